The van der Waals surface area contributed by atoms with Gasteiger partial charge in [-0.2, -0.15) is 0 Å². The maximum Gasteiger partial charge on any atom is 0.0541 e. The molecule has 0 atom stereocenters. The first-order valence-corrected chi connectivity index (χ1v) is 19.3. The first kappa shape index (κ1) is 32.9. The first-order chi connectivity index (χ1) is 26.9. The van der Waals surface area contributed by atoms with Crippen LogP contribution in [0.15, 0.2) is 194 Å². The van der Waals surface area contributed by atoms with Gasteiger partial charge >= 0.3 is 0 Å². The van der Waals surface area contributed by atoms with E-state index in [0.29, 0.717) is 0 Å². The molecular formula is C54H41N. The molecule has 0 radical (unpaired) electrons. The Morgan fingerprint density at radius 3 is 1.20 bits per heavy atom. The van der Waals surface area contributed by atoms with Gasteiger partial charge in [-0.3, -0.25) is 0 Å². The Labute approximate surface area is 322 Å². The molecule has 9 aromatic carbocycles. The summed E-state index contributed by atoms with van der Waals surface area (Å²) >= 11 is 0. The van der Waals surface area contributed by atoms with Gasteiger partial charge < -0.3 is 4.57 Å². The van der Waals surface area contributed by atoms with E-state index in [4.69, 9.17) is 0 Å². The van der Waals surface area contributed by atoms with Gasteiger partial charge in [0.25, 0.3) is 0 Å². The number of hydrogen-bond acceptors (Lipinski definition) is 0. The van der Waals surface area contributed by atoms with E-state index in [2.05, 4.69) is 219 Å². The highest BCUT2D eigenvalue weighted by molar-refractivity contribution is 6.21. The fraction of sp³-hybridized carbons (Fsp3) is 0.0741. The summed E-state index contributed by atoms with van der Waals surface area (Å²) in [6, 6.07) is 71.4. The van der Waals surface area contributed by atoms with E-state index < -0.39 is 0 Å². The van der Waals surface area contributed by atoms with Gasteiger partial charge in [-0.15, -0.1) is 0 Å². The van der Waals surface area contributed by atoms with Crippen molar-refractivity contribution in [1.82, 2.24) is 4.57 Å². The molecule has 262 valence electrons. The number of benzene rings is 9. The van der Waals surface area contributed by atoms with Crippen LogP contribution in [0.4, 0.5) is 0 Å². The lowest BCUT2D eigenvalue weighted by Crippen LogP contribution is -2.10. The standard InChI is InChI=1S/C54H41N/c1-54(2,3)42-32-29-40(30-33-42)53-47-18-9-7-16-45(47)52(46-17-8-10-19-48(46)53)39-27-25-37(26-28-39)36-21-23-38(24-22-36)41-31-34-51-49(35-41)44-15-11-12-20-50(44)55(51)43-13-5-4-6-14-43/h4-35H,1-3H3. The van der Waals surface area contributed by atoms with Crippen molar-refractivity contribution in [2.24, 2.45) is 0 Å². The lowest BCUT2D eigenvalue weighted by molar-refractivity contribution is 0.590. The smallest absolute Gasteiger partial charge is 0.0541 e. The monoisotopic (exact) mass is 703 g/mol. The molecule has 0 aliphatic heterocycles. The van der Waals surface area contributed by atoms with Crippen LogP contribution in [-0.2, 0) is 5.41 Å². The Morgan fingerprint density at radius 2 is 0.691 bits per heavy atom. The summed E-state index contributed by atoms with van der Waals surface area (Å²) in [6.45, 7) is 6.82. The molecule has 1 aromatic heterocycles. The van der Waals surface area contributed by atoms with Crippen molar-refractivity contribution in [1.29, 1.82) is 0 Å². The van der Waals surface area contributed by atoms with E-state index >= 15 is 0 Å². The van der Waals surface area contributed by atoms with E-state index in [9.17, 15) is 0 Å². The minimum absolute atomic E-state index is 0.113. The highest BCUT2D eigenvalue weighted by Gasteiger charge is 2.19. The van der Waals surface area contributed by atoms with E-state index in [1.165, 1.54) is 99.1 Å². The van der Waals surface area contributed by atoms with Crippen molar-refractivity contribution in [2.45, 2.75) is 26.2 Å². The molecule has 0 bridgehead atoms. The molecule has 10 rings (SSSR count). The van der Waals surface area contributed by atoms with E-state index in [-0.39, 0.29) is 5.41 Å². The van der Waals surface area contributed by atoms with Crippen LogP contribution in [0, 0.1) is 0 Å². The second-order valence-corrected chi connectivity index (χ2v) is 15.7. The molecule has 0 N–H and O–H groups in total. The van der Waals surface area contributed by atoms with Gasteiger partial charge in [0.2, 0.25) is 0 Å². The first-order valence-electron chi connectivity index (χ1n) is 19.3. The van der Waals surface area contributed by atoms with Crippen molar-refractivity contribution >= 4 is 43.4 Å². The maximum atomic E-state index is 2.37. The van der Waals surface area contributed by atoms with Gasteiger partial charge in [-0.1, -0.05) is 185 Å². The molecule has 0 aliphatic carbocycles. The van der Waals surface area contributed by atoms with Crippen LogP contribution in [0.1, 0.15) is 26.3 Å². The van der Waals surface area contributed by atoms with Gasteiger partial charge in [-0.25, -0.2) is 0 Å². The third kappa shape index (κ3) is 5.63. The van der Waals surface area contributed by atoms with E-state index in [0.717, 1.165) is 0 Å². The van der Waals surface area contributed by atoms with Crippen molar-refractivity contribution in [3.05, 3.63) is 200 Å². The summed E-state index contributed by atoms with van der Waals surface area (Å²) in [7, 11) is 0. The fourth-order valence-corrected chi connectivity index (χ4v) is 8.58. The van der Waals surface area contributed by atoms with Crippen LogP contribution in [-0.4, -0.2) is 4.57 Å². The molecule has 1 nitrogen and oxygen atoms in total. The molecule has 0 spiro atoms. The highest BCUT2D eigenvalue weighted by atomic mass is 15.0. The Bertz CT molecular complexity index is 2960. The lowest BCUT2D eigenvalue weighted by atomic mass is 9.83. The van der Waals surface area contributed by atoms with Crippen LogP contribution < -0.4 is 0 Å². The number of hydrogen-bond donors (Lipinski definition) is 0. The van der Waals surface area contributed by atoms with Crippen molar-refractivity contribution < 1.29 is 0 Å². The van der Waals surface area contributed by atoms with Gasteiger partial charge in [0.05, 0.1) is 11.0 Å². The Hall–Kier alpha value is -6.70. The minimum Gasteiger partial charge on any atom is -0.309 e. The van der Waals surface area contributed by atoms with Gasteiger partial charge in [0, 0.05) is 16.5 Å². The molecule has 10 aromatic rings. The summed E-state index contributed by atoms with van der Waals surface area (Å²) in [5, 5.41) is 7.64. The van der Waals surface area contributed by atoms with Crippen LogP contribution in [0.25, 0.3) is 93.5 Å². The second-order valence-electron chi connectivity index (χ2n) is 15.7. The number of rotatable bonds is 5. The predicted octanol–water partition coefficient (Wildman–Crippen LogP) is 15.1. The van der Waals surface area contributed by atoms with Crippen molar-refractivity contribution in [2.75, 3.05) is 0 Å². The molecule has 0 saturated heterocycles. The summed E-state index contributed by atoms with van der Waals surface area (Å²) in [4.78, 5) is 0. The van der Waals surface area contributed by atoms with E-state index in [1.54, 1.807) is 0 Å². The third-order valence-corrected chi connectivity index (χ3v) is 11.4. The molecule has 0 saturated carbocycles. The van der Waals surface area contributed by atoms with Gasteiger partial charge in [0.1, 0.15) is 0 Å². The number of para-hydroxylation sites is 2. The predicted molar refractivity (Wildman–Crippen MR) is 236 cm³/mol. The molecule has 1 heterocycles. The largest absolute Gasteiger partial charge is 0.309 e. The Morgan fingerprint density at radius 1 is 0.309 bits per heavy atom. The SMILES string of the molecule is CC(C)(C)c1ccc(-c2c3ccccc3c(-c3ccc(-c4ccc(-c5ccc6c(c5)c5ccccc5n6-c5ccccc5)cc4)cc3)c3ccccc23)cc1. The zero-order valence-electron chi connectivity index (χ0n) is 31.4. The van der Waals surface area contributed by atoms with Gasteiger partial charge in [0.15, 0.2) is 0 Å². The highest BCUT2D eigenvalue weighted by Crippen LogP contribution is 2.44. The zero-order chi connectivity index (χ0) is 37.1. The molecule has 0 aliphatic rings. The molecule has 0 unspecified atom stereocenters. The molecule has 55 heavy (non-hydrogen) atoms. The summed E-state index contributed by atoms with van der Waals surface area (Å²) < 4.78 is 2.37. The molecular weight excluding hydrogens is 663 g/mol. The molecule has 0 fully saturated rings. The average Bonchev–Trinajstić information content (AvgIpc) is 3.57. The Kier molecular flexibility index (Phi) is 7.78. The second kappa shape index (κ2) is 13.0. The lowest BCUT2D eigenvalue weighted by Gasteiger charge is -2.21. The fourth-order valence-electron chi connectivity index (χ4n) is 8.58. The van der Waals surface area contributed by atoms with Gasteiger partial charge in [-0.05, 0) is 107 Å². The quantitative estimate of drug-likeness (QED) is 0.157. The minimum atomic E-state index is 0.113. The van der Waals surface area contributed by atoms with Crippen molar-refractivity contribution in [3.8, 4) is 50.2 Å². The topological polar surface area (TPSA) is 4.93 Å². The van der Waals surface area contributed by atoms with E-state index in [1.807, 2.05) is 0 Å². The molecule has 1 heteroatoms. The average molecular weight is 704 g/mol. The number of aromatic nitrogens is 1. The van der Waals surface area contributed by atoms with Crippen LogP contribution in [0.2, 0.25) is 0 Å². The van der Waals surface area contributed by atoms with Crippen LogP contribution >= 0.6 is 0 Å². The van der Waals surface area contributed by atoms with Crippen LogP contribution in [0.3, 0.4) is 0 Å². The van der Waals surface area contributed by atoms with Crippen LogP contribution in [0.5, 0.6) is 0 Å². The summed E-state index contributed by atoms with van der Waals surface area (Å²) in [5.41, 5.74) is 15.0. The zero-order valence-corrected chi connectivity index (χ0v) is 31.4. The maximum absolute atomic E-state index is 2.37. The summed E-state index contributed by atoms with van der Waals surface area (Å²) in [5.74, 6) is 0. The third-order valence-electron chi connectivity index (χ3n) is 11.4. The summed E-state index contributed by atoms with van der Waals surface area (Å²) in [6.07, 6.45) is 0. The van der Waals surface area contributed by atoms with Crippen molar-refractivity contribution in [3.63, 3.8) is 0 Å². The molecule has 0 amide bonds. The number of fused-ring (bicyclic) bond motifs is 5. The number of nitrogens with zero attached hydrogens (tertiary/aromatic N) is 1. The Balaban J connectivity index is 1.00. The normalized spacial score (nSPS) is 11.9.